The molecule has 144 valence electrons. The van der Waals surface area contributed by atoms with E-state index in [0.29, 0.717) is 35.0 Å². The number of carbonyl (C=O) groups excluding carboxylic acids is 2. The molecule has 0 unspecified atom stereocenters. The molecular formula is C20H27N5O2. The lowest BCUT2D eigenvalue weighted by atomic mass is 10.2. The van der Waals surface area contributed by atoms with Crippen LogP contribution in [0, 0.1) is 6.92 Å². The van der Waals surface area contributed by atoms with Crippen molar-refractivity contribution < 1.29 is 9.59 Å². The molecule has 1 aliphatic rings. The van der Waals surface area contributed by atoms with Gasteiger partial charge in [0.1, 0.15) is 5.69 Å². The Morgan fingerprint density at radius 3 is 2.52 bits per heavy atom. The second kappa shape index (κ2) is 7.92. The van der Waals surface area contributed by atoms with Gasteiger partial charge in [0.2, 0.25) is 5.91 Å². The number of carbonyl (C=O) groups is 2. The van der Waals surface area contributed by atoms with Gasteiger partial charge in [-0.05, 0) is 45.0 Å². The molecule has 7 heteroatoms. The minimum absolute atomic E-state index is 0.0572. The number of nitrogens with one attached hydrogen (secondary N) is 1. The second-order valence-electron chi connectivity index (χ2n) is 6.88. The van der Waals surface area contributed by atoms with Crippen molar-refractivity contribution in [3.8, 4) is 0 Å². The number of hydrogen-bond acceptors (Lipinski definition) is 4. The number of para-hydroxylation sites is 2. The van der Waals surface area contributed by atoms with Gasteiger partial charge in [-0.25, -0.2) is 0 Å². The molecule has 0 fully saturated rings. The first-order chi connectivity index (χ1) is 13.0. The molecule has 0 aliphatic carbocycles. The molecule has 2 heterocycles. The second-order valence-corrected chi connectivity index (χ2v) is 6.88. The fourth-order valence-corrected chi connectivity index (χ4v) is 3.67. The van der Waals surface area contributed by atoms with Crippen LogP contribution >= 0.6 is 0 Å². The quantitative estimate of drug-likeness (QED) is 0.849. The summed E-state index contributed by atoms with van der Waals surface area (Å²) in [5.74, 6) is -0.312. The Bertz CT molecular complexity index is 852. The number of aryl methyl sites for hydroxylation is 2. The lowest BCUT2D eigenvalue weighted by Gasteiger charge is -2.27. The molecule has 1 N–H and O–H groups in total. The Balaban J connectivity index is 2.09. The summed E-state index contributed by atoms with van der Waals surface area (Å²) in [6.45, 7) is 8.09. The van der Waals surface area contributed by atoms with E-state index >= 15 is 0 Å². The summed E-state index contributed by atoms with van der Waals surface area (Å²) in [6, 6.07) is 7.40. The van der Waals surface area contributed by atoms with Crippen molar-refractivity contribution in [1.82, 2.24) is 14.7 Å². The number of anilines is 3. The van der Waals surface area contributed by atoms with Gasteiger partial charge in [-0.1, -0.05) is 26.0 Å². The van der Waals surface area contributed by atoms with E-state index in [1.165, 1.54) is 0 Å². The van der Waals surface area contributed by atoms with E-state index in [1.807, 2.05) is 31.2 Å². The minimum atomic E-state index is -0.255. The van der Waals surface area contributed by atoms with Crippen LogP contribution in [-0.4, -0.2) is 46.1 Å². The highest BCUT2D eigenvalue weighted by Crippen LogP contribution is 2.39. The first-order valence-electron chi connectivity index (χ1n) is 9.47. The fourth-order valence-electron chi connectivity index (χ4n) is 3.67. The van der Waals surface area contributed by atoms with Crippen LogP contribution in [0.15, 0.2) is 24.3 Å². The van der Waals surface area contributed by atoms with Crippen molar-refractivity contribution in [2.24, 2.45) is 7.05 Å². The van der Waals surface area contributed by atoms with Gasteiger partial charge < -0.3 is 5.32 Å². The maximum Gasteiger partial charge on any atom is 0.276 e. The summed E-state index contributed by atoms with van der Waals surface area (Å²) >= 11 is 0. The summed E-state index contributed by atoms with van der Waals surface area (Å²) < 4.78 is 1.54. The first-order valence-corrected chi connectivity index (χ1v) is 9.47. The normalized spacial score (nSPS) is 13.2. The highest BCUT2D eigenvalue weighted by molar-refractivity contribution is 6.17. The van der Waals surface area contributed by atoms with Crippen molar-refractivity contribution in [3.05, 3.63) is 35.7 Å². The zero-order valence-corrected chi connectivity index (χ0v) is 16.5. The van der Waals surface area contributed by atoms with Gasteiger partial charge in [0.05, 0.1) is 23.6 Å². The first kappa shape index (κ1) is 19.1. The molecule has 0 spiro atoms. The Labute approximate surface area is 159 Å². The predicted molar refractivity (Wildman–Crippen MR) is 107 cm³/mol. The monoisotopic (exact) mass is 369 g/mol. The van der Waals surface area contributed by atoms with Crippen molar-refractivity contribution >= 4 is 28.9 Å². The largest absolute Gasteiger partial charge is 0.319 e. The number of benzene rings is 1. The van der Waals surface area contributed by atoms with Crippen LogP contribution in [0.4, 0.5) is 17.1 Å². The highest BCUT2D eigenvalue weighted by atomic mass is 16.2. The van der Waals surface area contributed by atoms with E-state index in [1.54, 1.807) is 16.6 Å². The molecule has 0 radical (unpaired) electrons. The zero-order valence-electron chi connectivity index (χ0n) is 16.5. The van der Waals surface area contributed by atoms with Crippen LogP contribution in [0.3, 0.4) is 0 Å². The van der Waals surface area contributed by atoms with Crippen LogP contribution < -0.4 is 10.2 Å². The maximum absolute atomic E-state index is 13.4. The van der Waals surface area contributed by atoms with E-state index in [-0.39, 0.29) is 11.8 Å². The third-order valence-electron chi connectivity index (χ3n) is 4.71. The van der Waals surface area contributed by atoms with E-state index in [0.717, 1.165) is 25.9 Å². The Hall–Kier alpha value is -2.67. The van der Waals surface area contributed by atoms with Gasteiger partial charge in [0.25, 0.3) is 5.91 Å². The zero-order chi connectivity index (χ0) is 19.6. The summed E-state index contributed by atoms with van der Waals surface area (Å²) in [5, 5.41) is 7.30. The molecule has 2 amide bonds. The third-order valence-corrected chi connectivity index (χ3v) is 4.71. The molecule has 0 bridgehead atoms. The third kappa shape index (κ3) is 3.60. The Morgan fingerprint density at radius 1 is 1.19 bits per heavy atom. The molecule has 0 saturated carbocycles. The lowest BCUT2D eigenvalue weighted by Crippen LogP contribution is -2.39. The smallest absolute Gasteiger partial charge is 0.276 e. The number of aromatic nitrogens is 2. The molecule has 0 saturated heterocycles. The number of hydrogen-bond donors (Lipinski definition) is 1. The van der Waals surface area contributed by atoms with E-state index in [2.05, 4.69) is 29.2 Å². The SMILES string of the molecule is CCCN(CCC)CC(=O)N1c2ccccc2NC(=O)c2c1c(C)nn2C. The molecule has 3 rings (SSSR count). The summed E-state index contributed by atoms with van der Waals surface area (Å²) in [5.41, 5.74) is 2.93. The number of nitrogens with zero attached hydrogens (tertiary/aromatic N) is 4. The number of amides is 2. The van der Waals surface area contributed by atoms with E-state index in [4.69, 9.17) is 0 Å². The molecule has 0 atom stereocenters. The van der Waals surface area contributed by atoms with Crippen LogP contribution in [0.25, 0.3) is 0 Å². The van der Waals surface area contributed by atoms with Crippen molar-refractivity contribution in [2.45, 2.75) is 33.6 Å². The van der Waals surface area contributed by atoms with Gasteiger partial charge in [-0.15, -0.1) is 0 Å². The highest BCUT2D eigenvalue weighted by Gasteiger charge is 2.34. The maximum atomic E-state index is 13.4. The molecular weight excluding hydrogens is 342 g/mol. The van der Waals surface area contributed by atoms with Gasteiger partial charge >= 0.3 is 0 Å². The summed E-state index contributed by atoms with van der Waals surface area (Å²) in [7, 11) is 1.73. The van der Waals surface area contributed by atoms with Crippen LogP contribution in [-0.2, 0) is 11.8 Å². The van der Waals surface area contributed by atoms with Crippen LogP contribution in [0.5, 0.6) is 0 Å². The molecule has 1 aromatic heterocycles. The molecule has 1 aliphatic heterocycles. The van der Waals surface area contributed by atoms with Crippen molar-refractivity contribution in [3.63, 3.8) is 0 Å². The van der Waals surface area contributed by atoms with E-state index < -0.39 is 0 Å². The molecule has 1 aromatic carbocycles. The number of fused-ring (bicyclic) bond motifs is 2. The standard InChI is InChI=1S/C20H27N5O2/c1-5-11-24(12-6-2)13-17(26)25-16-10-8-7-9-15(16)21-20(27)19-18(25)14(3)22-23(19)4/h7-10H,5-6,11-13H2,1-4H3,(H,21,27). The van der Waals surface area contributed by atoms with Crippen molar-refractivity contribution in [1.29, 1.82) is 0 Å². The fraction of sp³-hybridized carbons (Fsp3) is 0.450. The average Bonchev–Trinajstić information content (AvgIpc) is 2.83. The summed E-state index contributed by atoms with van der Waals surface area (Å²) in [4.78, 5) is 30.0. The summed E-state index contributed by atoms with van der Waals surface area (Å²) in [6.07, 6.45) is 1.97. The van der Waals surface area contributed by atoms with Gasteiger partial charge in [0, 0.05) is 7.05 Å². The van der Waals surface area contributed by atoms with Gasteiger partial charge in [-0.3, -0.25) is 24.1 Å². The molecule has 2 aromatic rings. The average molecular weight is 369 g/mol. The Morgan fingerprint density at radius 2 is 1.85 bits per heavy atom. The molecule has 27 heavy (non-hydrogen) atoms. The van der Waals surface area contributed by atoms with E-state index in [9.17, 15) is 9.59 Å². The topological polar surface area (TPSA) is 70.5 Å². The van der Waals surface area contributed by atoms with Gasteiger partial charge in [-0.2, -0.15) is 5.10 Å². The predicted octanol–water partition coefficient (Wildman–Crippen LogP) is 3.08. The van der Waals surface area contributed by atoms with Crippen molar-refractivity contribution in [2.75, 3.05) is 29.9 Å². The van der Waals surface area contributed by atoms with Crippen LogP contribution in [0.1, 0.15) is 42.9 Å². The van der Waals surface area contributed by atoms with Crippen LogP contribution in [0.2, 0.25) is 0 Å². The van der Waals surface area contributed by atoms with Gasteiger partial charge in [0.15, 0.2) is 5.69 Å². The molecule has 7 nitrogen and oxygen atoms in total. The Kier molecular flexibility index (Phi) is 5.60. The number of rotatable bonds is 6. The lowest BCUT2D eigenvalue weighted by molar-refractivity contribution is -0.119. The minimum Gasteiger partial charge on any atom is -0.319 e.